The Kier molecular flexibility index (Phi) is 3.07. The van der Waals surface area contributed by atoms with Crippen LogP contribution in [0.1, 0.15) is 12.5 Å². The maximum atomic E-state index is 12.4. The molecule has 0 atom stereocenters. The molecule has 0 saturated carbocycles. The van der Waals surface area contributed by atoms with Crippen molar-refractivity contribution in [1.82, 2.24) is 4.57 Å². The number of benzene rings is 1. The molecule has 0 radical (unpaired) electrons. The van der Waals surface area contributed by atoms with Crippen LogP contribution in [-0.4, -0.2) is 4.57 Å². The van der Waals surface area contributed by atoms with E-state index in [1.807, 2.05) is 11.5 Å². The Balaban J connectivity index is 2.40. The van der Waals surface area contributed by atoms with E-state index < -0.39 is 11.7 Å². The molecule has 0 amide bonds. The normalized spacial score (nSPS) is 11.8. The molecule has 0 aliphatic heterocycles. The fourth-order valence-electron chi connectivity index (χ4n) is 1.92. The van der Waals surface area contributed by atoms with Gasteiger partial charge in [0.1, 0.15) is 5.82 Å². The van der Waals surface area contributed by atoms with Crippen LogP contribution in [0.15, 0.2) is 36.4 Å². The first-order chi connectivity index (χ1) is 8.43. The van der Waals surface area contributed by atoms with Crippen molar-refractivity contribution in [3.05, 3.63) is 42.0 Å². The molecular formula is C13H13F3N2. The first-order valence-corrected chi connectivity index (χ1v) is 5.56. The molecule has 0 spiro atoms. The Morgan fingerprint density at radius 3 is 2.17 bits per heavy atom. The number of nitrogens with two attached hydrogens (primary N) is 1. The molecule has 2 aromatic rings. The van der Waals surface area contributed by atoms with E-state index in [1.54, 1.807) is 12.1 Å². The predicted molar refractivity (Wildman–Crippen MR) is 65.0 cm³/mol. The maximum Gasteiger partial charge on any atom is 0.416 e. The summed E-state index contributed by atoms with van der Waals surface area (Å²) in [5.74, 6) is 0.604. The van der Waals surface area contributed by atoms with E-state index in [9.17, 15) is 13.2 Å². The minimum Gasteiger partial charge on any atom is -0.385 e. The molecule has 1 aromatic heterocycles. The predicted octanol–water partition coefficient (Wildman–Crippen LogP) is 3.78. The molecule has 0 aliphatic carbocycles. The maximum absolute atomic E-state index is 12.4. The minimum atomic E-state index is -4.30. The zero-order chi connectivity index (χ0) is 13.3. The van der Waals surface area contributed by atoms with Gasteiger partial charge in [-0.25, -0.2) is 0 Å². The molecule has 0 aliphatic rings. The van der Waals surface area contributed by atoms with Crippen LogP contribution in [0.5, 0.6) is 0 Å². The van der Waals surface area contributed by atoms with Crippen LogP contribution in [0.3, 0.4) is 0 Å². The SMILES string of the molecule is CCn1c(N)ccc1-c1ccc(C(F)(F)F)cc1. The van der Waals surface area contributed by atoms with Gasteiger partial charge < -0.3 is 10.3 Å². The zero-order valence-corrected chi connectivity index (χ0v) is 9.83. The quantitative estimate of drug-likeness (QED) is 0.868. The van der Waals surface area contributed by atoms with Crippen LogP contribution in [0.2, 0.25) is 0 Å². The summed E-state index contributed by atoms with van der Waals surface area (Å²) in [6.07, 6.45) is -4.30. The van der Waals surface area contributed by atoms with Gasteiger partial charge in [-0.15, -0.1) is 0 Å². The lowest BCUT2D eigenvalue weighted by Gasteiger charge is -2.10. The number of anilines is 1. The van der Waals surface area contributed by atoms with E-state index in [0.29, 0.717) is 12.4 Å². The lowest BCUT2D eigenvalue weighted by Crippen LogP contribution is -2.05. The van der Waals surface area contributed by atoms with E-state index >= 15 is 0 Å². The topological polar surface area (TPSA) is 30.9 Å². The number of halogens is 3. The highest BCUT2D eigenvalue weighted by atomic mass is 19.4. The molecule has 0 saturated heterocycles. The van der Waals surface area contributed by atoms with E-state index in [1.165, 1.54) is 12.1 Å². The highest BCUT2D eigenvalue weighted by molar-refractivity contribution is 5.64. The van der Waals surface area contributed by atoms with Gasteiger partial charge in [-0.3, -0.25) is 0 Å². The van der Waals surface area contributed by atoms with E-state index in [0.717, 1.165) is 23.4 Å². The number of nitrogen functional groups attached to an aromatic ring is 1. The number of hydrogen-bond acceptors (Lipinski definition) is 1. The lowest BCUT2D eigenvalue weighted by molar-refractivity contribution is -0.137. The number of rotatable bonds is 2. The standard InChI is InChI=1S/C13H13F3N2/c1-2-18-11(7-8-12(18)17)9-3-5-10(6-4-9)13(14,15)16/h3-8H,2,17H2,1H3. The monoisotopic (exact) mass is 254 g/mol. The summed E-state index contributed by atoms with van der Waals surface area (Å²) < 4.78 is 39.2. The highest BCUT2D eigenvalue weighted by Crippen LogP contribution is 2.31. The third-order valence-corrected chi connectivity index (χ3v) is 2.84. The number of hydrogen-bond donors (Lipinski definition) is 1. The highest BCUT2D eigenvalue weighted by Gasteiger charge is 2.30. The molecule has 2 nitrogen and oxygen atoms in total. The van der Waals surface area contributed by atoms with Crippen molar-refractivity contribution in [2.24, 2.45) is 0 Å². The fourth-order valence-corrected chi connectivity index (χ4v) is 1.92. The van der Waals surface area contributed by atoms with Crippen LogP contribution in [0.4, 0.5) is 19.0 Å². The van der Waals surface area contributed by atoms with Crippen LogP contribution >= 0.6 is 0 Å². The summed E-state index contributed by atoms with van der Waals surface area (Å²) >= 11 is 0. The van der Waals surface area contributed by atoms with E-state index in [2.05, 4.69) is 0 Å². The summed E-state index contributed by atoms with van der Waals surface area (Å²) in [6, 6.07) is 8.64. The van der Waals surface area contributed by atoms with E-state index in [-0.39, 0.29) is 0 Å². The van der Waals surface area contributed by atoms with Crippen molar-refractivity contribution in [2.75, 3.05) is 5.73 Å². The molecular weight excluding hydrogens is 241 g/mol. The van der Waals surface area contributed by atoms with Crippen LogP contribution in [0, 0.1) is 0 Å². The van der Waals surface area contributed by atoms with Crippen molar-refractivity contribution < 1.29 is 13.2 Å². The minimum absolute atomic E-state index is 0.604. The molecule has 2 rings (SSSR count). The first-order valence-electron chi connectivity index (χ1n) is 5.56. The molecule has 2 N–H and O–H groups in total. The van der Waals surface area contributed by atoms with Gasteiger partial charge in [-0.2, -0.15) is 13.2 Å². The molecule has 1 aromatic carbocycles. The second-order valence-electron chi connectivity index (χ2n) is 3.96. The van der Waals surface area contributed by atoms with Crippen LogP contribution < -0.4 is 5.73 Å². The van der Waals surface area contributed by atoms with Gasteiger partial charge in [0.05, 0.1) is 5.56 Å². The Bertz CT molecular complexity index is 538. The average molecular weight is 254 g/mol. The van der Waals surface area contributed by atoms with Crippen molar-refractivity contribution >= 4 is 5.82 Å². The van der Waals surface area contributed by atoms with Gasteiger partial charge in [-0.05, 0) is 36.8 Å². The molecule has 5 heteroatoms. The second-order valence-corrected chi connectivity index (χ2v) is 3.96. The third kappa shape index (κ3) is 2.20. The Morgan fingerprint density at radius 2 is 1.67 bits per heavy atom. The number of aromatic nitrogens is 1. The van der Waals surface area contributed by atoms with Crippen molar-refractivity contribution in [1.29, 1.82) is 0 Å². The Labute approximate surface area is 103 Å². The fraction of sp³-hybridized carbons (Fsp3) is 0.231. The largest absolute Gasteiger partial charge is 0.416 e. The summed E-state index contributed by atoms with van der Waals surface area (Å²) in [5, 5.41) is 0. The van der Waals surface area contributed by atoms with Gasteiger partial charge in [0, 0.05) is 12.2 Å². The molecule has 18 heavy (non-hydrogen) atoms. The molecule has 0 bridgehead atoms. The van der Waals surface area contributed by atoms with Crippen molar-refractivity contribution in [3.63, 3.8) is 0 Å². The van der Waals surface area contributed by atoms with Gasteiger partial charge in [0.15, 0.2) is 0 Å². The molecule has 1 heterocycles. The summed E-state index contributed by atoms with van der Waals surface area (Å²) in [4.78, 5) is 0. The Morgan fingerprint density at radius 1 is 1.06 bits per heavy atom. The lowest BCUT2D eigenvalue weighted by atomic mass is 10.1. The third-order valence-electron chi connectivity index (χ3n) is 2.84. The Hall–Kier alpha value is -1.91. The average Bonchev–Trinajstić information content (AvgIpc) is 2.69. The molecule has 0 fully saturated rings. The molecule has 96 valence electrons. The van der Waals surface area contributed by atoms with Gasteiger partial charge >= 0.3 is 6.18 Å². The van der Waals surface area contributed by atoms with Gasteiger partial charge in [0.2, 0.25) is 0 Å². The molecule has 0 unspecified atom stereocenters. The smallest absolute Gasteiger partial charge is 0.385 e. The number of nitrogens with zero attached hydrogens (tertiary/aromatic N) is 1. The van der Waals surface area contributed by atoms with Gasteiger partial charge in [-0.1, -0.05) is 12.1 Å². The van der Waals surface area contributed by atoms with Crippen LogP contribution in [0.25, 0.3) is 11.3 Å². The first kappa shape index (κ1) is 12.5. The summed E-state index contributed by atoms with van der Waals surface area (Å²) in [6.45, 7) is 2.61. The second kappa shape index (κ2) is 4.40. The van der Waals surface area contributed by atoms with E-state index in [4.69, 9.17) is 5.73 Å². The van der Waals surface area contributed by atoms with Gasteiger partial charge in [0.25, 0.3) is 0 Å². The zero-order valence-electron chi connectivity index (χ0n) is 9.83. The van der Waals surface area contributed by atoms with Crippen molar-refractivity contribution in [3.8, 4) is 11.3 Å². The summed E-state index contributed by atoms with van der Waals surface area (Å²) in [7, 11) is 0. The number of alkyl halides is 3. The summed E-state index contributed by atoms with van der Waals surface area (Å²) in [5.41, 5.74) is 6.67. The van der Waals surface area contributed by atoms with Crippen LogP contribution in [-0.2, 0) is 12.7 Å². The van der Waals surface area contributed by atoms with Crippen molar-refractivity contribution in [2.45, 2.75) is 19.6 Å².